The molecule has 2 atom stereocenters. The molecule has 0 bridgehead atoms. The Bertz CT molecular complexity index is 1300. The third kappa shape index (κ3) is 5.26. The SMILES string of the molecule is CC.CC1(C)CC2=CC(C3=CCc4ccc(-c5ccc(CC6CCC(F)(F)C6)cn5)cc43)=CC(=O)C2C1.[HH]. The van der Waals surface area contributed by atoms with Gasteiger partial charge in [0.15, 0.2) is 5.78 Å². The fourth-order valence-corrected chi connectivity index (χ4v) is 6.54. The maximum absolute atomic E-state index is 13.5. The standard InChI is InChI=1S/C31H31F2NO.C2H6.H2/c1-30(2)16-24-12-23(14-29(35)27(24)17-30)25-7-6-21-4-5-22(13-26(21)25)28-8-3-20(18-34-28)11-19-9-10-31(32,33)15-19;1-2;/h3-5,7-8,12-14,18-19,27H,6,9-11,15-17H2,1-2H3;1-2H3;1H. The highest BCUT2D eigenvalue weighted by atomic mass is 19.3. The van der Waals surface area contributed by atoms with E-state index in [1.807, 2.05) is 38.3 Å². The van der Waals surface area contributed by atoms with Crippen LogP contribution < -0.4 is 0 Å². The second-order valence-electron chi connectivity index (χ2n) is 11.7. The van der Waals surface area contributed by atoms with E-state index in [0.717, 1.165) is 47.2 Å². The molecule has 6 rings (SSSR count). The minimum absolute atomic E-state index is 0. The van der Waals surface area contributed by atoms with E-state index in [1.54, 1.807) is 0 Å². The zero-order valence-corrected chi connectivity index (χ0v) is 22.4. The number of hydrogen-bond acceptors (Lipinski definition) is 2. The predicted octanol–water partition coefficient (Wildman–Crippen LogP) is 8.81. The van der Waals surface area contributed by atoms with Crippen LogP contribution in [0.4, 0.5) is 8.78 Å². The third-order valence-electron chi connectivity index (χ3n) is 8.26. The number of nitrogens with zero attached hydrogens (tertiary/aromatic N) is 1. The Kier molecular flexibility index (Phi) is 6.81. The number of benzene rings is 1. The summed E-state index contributed by atoms with van der Waals surface area (Å²) in [4.78, 5) is 17.6. The number of carbonyl (C=O) groups excluding carboxylic acids is 1. The van der Waals surface area contributed by atoms with Gasteiger partial charge >= 0.3 is 0 Å². The van der Waals surface area contributed by atoms with Crippen molar-refractivity contribution < 1.29 is 15.0 Å². The zero-order valence-electron chi connectivity index (χ0n) is 22.4. The lowest BCUT2D eigenvalue weighted by atomic mass is 9.85. The summed E-state index contributed by atoms with van der Waals surface area (Å²) in [6.45, 7) is 8.49. The lowest BCUT2D eigenvalue weighted by Gasteiger charge is -2.18. The molecule has 4 heteroatoms. The lowest BCUT2D eigenvalue weighted by Crippen LogP contribution is -2.15. The van der Waals surface area contributed by atoms with E-state index in [2.05, 4.69) is 49.2 Å². The van der Waals surface area contributed by atoms with Crippen molar-refractivity contribution in [3.63, 3.8) is 0 Å². The number of pyridine rings is 1. The van der Waals surface area contributed by atoms with E-state index in [1.165, 1.54) is 16.7 Å². The first-order valence-electron chi connectivity index (χ1n) is 13.8. The van der Waals surface area contributed by atoms with Gasteiger partial charge in [-0.3, -0.25) is 9.78 Å². The van der Waals surface area contributed by atoms with Crippen LogP contribution in [0.3, 0.4) is 0 Å². The molecule has 0 N–H and O–H groups in total. The molecule has 0 radical (unpaired) electrons. The molecule has 2 unspecified atom stereocenters. The van der Waals surface area contributed by atoms with Gasteiger partial charge in [0.25, 0.3) is 0 Å². The normalized spacial score (nSPS) is 24.9. The number of aromatic nitrogens is 1. The van der Waals surface area contributed by atoms with E-state index in [-0.39, 0.29) is 37.3 Å². The van der Waals surface area contributed by atoms with Gasteiger partial charge in [-0.1, -0.05) is 63.6 Å². The molecule has 0 saturated heterocycles. The Labute approximate surface area is 221 Å². The molecule has 0 aliphatic heterocycles. The van der Waals surface area contributed by atoms with Crippen LogP contribution in [0.5, 0.6) is 0 Å². The number of alkyl halides is 2. The van der Waals surface area contributed by atoms with Crippen LogP contribution in [0.25, 0.3) is 16.8 Å². The monoisotopic (exact) mass is 503 g/mol. The topological polar surface area (TPSA) is 30.0 Å². The summed E-state index contributed by atoms with van der Waals surface area (Å²) in [5.74, 6) is -2.17. The molecule has 1 aromatic carbocycles. The van der Waals surface area contributed by atoms with Gasteiger partial charge in [-0.25, -0.2) is 8.78 Å². The van der Waals surface area contributed by atoms with E-state index in [0.29, 0.717) is 12.8 Å². The van der Waals surface area contributed by atoms with Gasteiger partial charge in [0, 0.05) is 31.9 Å². The van der Waals surface area contributed by atoms with Crippen LogP contribution in [-0.4, -0.2) is 16.7 Å². The van der Waals surface area contributed by atoms with Gasteiger partial charge in [-0.15, -0.1) is 0 Å². The Morgan fingerprint density at radius 3 is 2.59 bits per heavy atom. The summed E-state index contributed by atoms with van der Waals surface area (Å²) in [7, 11) is 0. The Balaban J connectivity index is 0.00000110. The molecular formula is C33H39F2NO. The van der Waals surface area contributed by atoms with Crippen molar-refractivity contribution in [2.75, 3.05) is 0 Å². The number of allylic oxidation sites excluding steroid dienone is 6. The number of rotatable bonds is 4. The van der Waals surface area contributed by atoms with E-state index in [4.69, 9.17) is 0 Å². The van der Waals surface area contributed by atoms with Gasteiger partial charge in [0.1, 0.15) is 0 Å². The number of hydrogen-bond donors (Lipinski definition) is 0. The smallest absolute Gasteiger partial charge is 0.248 e. The van der Waals surface area contributed by atoms with Crippen LogP contribution in [0.15, 0.2) is 65.9 Å². The molecule has 196 valence electrons. The molecule has 1 heterocycles. The number of halogens is 2. The first kappa shape index (κ1) is 25.8. The van der Waals surface area contributed by atoms with Crippen molar-refractivity contribution in [3.8, 4) is 11.3 Å². The fourth-order valence-electron chi connectivity index (χ4n) is 6.54. The molecule has 0 amide bonds. The quantitative estimate of drug-likeness (QED) is 0.417. The number of fused-ring (bicyclic) bond motifs is 2. The minimum Gasteiger partial charge on any atom is -0.294 e. The van der Waals surface area contributed by atoms with Crippen LogP contribution >= 0.6 is 0 Å². The van der Waals surface area contributed by atoms with Crippen LogP contribution in [-0.2, 0) is 17.6 Å². The van der Waals surface area contributed by atoms with E-state index in [9.17, 15) is 13.6 Å². The summed E-state index contributed by atoms with van der Waals surface area (Å²) in [5, 5.41) is 0. The van der Waals surface area contributed by atoms with Crippen LogP contribution in [0.1, 0.15) is 77.9 Å². The molecule has 0 spiro atoms. The molecule has 2 aromatic rings. The van der Waals surface area contributed by atoms with Crippen LogP contribution in [0, 0.1) is 17.3 Å². The third-order valence-corrected chi connectivity index (χ3v) is 8.26. The molecular weight excluding hydrogens is 464 g/mol. The lowest BCUT2D eigenvalue weighted by molar-refractivity contribution is -0.117. The van der Waals surface area contributed by atoms with E-state index < -0.39 is 5.92 Å². The minimum atomic E-state index is -2.50. The van der Waals surface area contributed by atoms with Gasteiger partial charge in [-0.05, 0) is 89.5 Å². The van der Waals surface area contributed by atoms with Gasteiger partial charge in [-0.2, -0.15) is 0 Å². The van der Waals surface area contributed by atoms with E-state index >= 15 is 0 Å². The molecule has 4 aliphatic carbocycles. The highest BCUT2D eigenvalue weighted by Gasteiger charge is 2.40. The first-order valence-corrected chi connectivity index (χ1v) is 13.8. The highest BCUT2D eigenvalue weighted by molar-refractivity contribution is 6.02. The number of carbonyl (C=O) groups is 1. The summed E-state index contributed by atoms with van der Waals surface area (Å²) < 4.78 is 27.1. The maximum Gasteiger partial charge on any atom is 0.248 e. The Morgan fingerprint density at radius 1 is 1.08 bits per heavy atom. The first-order chi connectivity index (χ1) is 17.7. The molecule has 2 nitrogen and oxygen atoms in total. The van der Waals surface area contributed by atoms with Crippen molar-refractivity contribution >= 4 is 11.4 Å². The number of ketones is 1. The molecule has 2 fully saturated rings. The van der Waals surface area contributed by atoms with Crippen LogP contribution in [0.2, 0.25) is 0 Å². The Morgan fingerprint density at radius 2 is 1.89 bits per heavy atom. The summed E-state index contributed by atoms with van der Waals surface area (Å²) in [5.41, 5.74) is 9.01. The largest absolute Gasteiger partial charge is 0.294 e. The van der Waals surface area contributed by atoms with Crippen molar-refractivity contribution in [1.82, 2.24) is 4.98 Å². The second kappa shape index (κ2) is 9.78. The molecule has 4 aliphatic rings. The molecule has 1 aromatic heterocycles. The zero-order chi connectivity index (χ0) is 26.4. The van der Waals surface area contributed by atoms with Crippen molar-refractivity contribution in [3.05, 3.63) is 82.6 Å². The summed E-state index contributed by atoms with van der Waals surface area (Å²) in [6, 6.07) is 10.5. The van der Waals surface area contributed by atoms with Gasteiger partial charge in [0.2, 0.25) is 5.92 Å². The fraction of sp³-hybridized carbons (Fsp3) is 0.455. The maximum atomic E-state index is 13.5. The van der Waals surface area contributed by atoms with Gasteiger partial charge < -0.3 is 0 Å². The van der Waals surface area contributed by atoms with Crippen molar-refractivity contribution in [2.45, 2.75) is 78.6 Å². The average molecular weight is 504 g/mol. The Hall–Kier alpha value is -2.88. The average Bonchev–Trinajstić information content (AvgIpc) is 3.54. The summed E-state index contributed by atoms with van der Waals surface area (Å²) >= 11 is 0. The van der Waals surface area contributed by atoms with Gasteiger partial charge in [0.05, 0.1) is 5.69 Å². The van der Waals surface area contributed by atoms with Crippen molar-refractivity contribution in [1.29, 1.82) is 0 Å². The molecule has 37 heavy (non-hydrogen) atoms. The predicted molar refractivity (Wildman–Crippen MR) is 148 cm³/mol. The summed E-state index contributed by atoms with van der Waals surface area (Å²) in [6.07, 6.45) is 12.2. The highest BCUT2D eigenvalue weighted by Crippen LogP contribution is 2.49. The molecule has 2 saturated carbocycles. The van der Waals surface area contributed by atoms with Crippen molar-refractivity contribution in [2.24, 2.45) is 17.3 Å². The second-order valence-corrected chi connectivity index (χ2v) is 11.7.